The van der Waals surface area contributed by atoms with E-state index in [0.717, 1.165) is 16.3 Å². The van der Waals surface area contributed by atoms with Gasteiger partial charge in [-0.2, -0.15) is 8.78 Å². The molecule has 4 aromatic carbocycles. The van der Waals surface area contributed by atoms with Gasteiger partial charge >= 0.3 is 7.05 Å². The van der Waals surface area contributed by atoms with Crippen LogP contribution in [0.15, 0.2) is 72.8 Å². The topological polar surface area (TPSA) is 70.7 Å². The number of benzene rings is 4. The van der Waals surface area contributed by atoms with Crippen LogP contribution in [0.3, 0.4) is 0 Å². The Kier molecular flexibility index (Phi) is 5.83. The maximum atomic E-state index is 14.8. The van der Waals surface area contributed by atoms with E-state index < -0.39 is 41.9 Å². The van der Waals surface area contributed by atoms with Crippen LogP contribution < -0.4 is 4.65 Å². The van der Waals surface area contributed by atoms with Crippen molar-refractivity contribution in [1.82, 2.24) is 29.0 Å². The zero-order valence-corrected chi connectivity index (χ0v) is 23.5. The molecular formula is C32H18BF5N6O. The molecule has 7 aromatic rings. The van der Waals surface area contributed by atoms with E-state index in [0.29, 0.717) is 39.3 Å². The molecular weight excluding hydrogens is 590 g/mol. The predicted molar refractivity (Wildman–Crippen MR) is 161 cm³/mol. The first-order chi connectivity index (χ1) is 21.7. The highest BCUT2D eigenvalue weighted by Crippen LogP contribution is 2.37. The van der Waals surface area contributed by atoms with Gasteiger partial charge in [0.2, 0.25) is 29.1 Å². The first-order valence-corrected chi connectivity index (χ1v) is 13.8. The van der Waals surface area contributed by atoms with Gasteiger partial charge in [0.1, 0.15) is 22.6 Å². The molecule has 0 amide bonds. The van der Waals surface area contributed by atoms with E-state index in [2.05, 4.69) is 0 Å². The summed E-state index contributed by atoms with van der Waals surface area (Å²) in [4.78, 5) is 19.7. The van der Waals surface area contributed by atoms with Crippen LogP contribution in [0.1, 0.15) is 0 Å². The third kappa shape index (κ3) is 3.82. The fourth-order valence-corrected chi connectivity index (χ4v) is 5.89. The average Bonchev–Trinajstić information content (AvgIpc) is 3.66. The number of halogens is 5. The highest BCUT2D eigenvalue weighted by Gasteiger charge is 2.32. The van der Waals surface area contributed by atoms with Gasteiger partial charge < -0.3 is 13.7 Å². The Labute approximate surface area is 251 Å². The number of rotatable bonds is 3. The number of fused-ring (bicyclic) bond motifs is 15. The smallest absolute Gasteiger partial charge is 0.486 e. The van der Waals surface area contributed by atoms with Crippen LogP contribution in [0.5, 0.6) is 5.75 Å². The molecule has 0 atom stereocenters. The second kappa shape index (κ2) is 9.71. The van der Waals surface area contributed by atoms with Crippen LogP contribution >= 0.6 is 0 Å². The Hall–Kier alpha value is -5.59. The molecule has 0 radical (unpaired) electrons. The maximum Gasteiger partial charge on any atom is 0.486 e. The van der Waals surface area contributed by atoms with Gasteiger partial charge in [0.05, 0.1) is 0 Å². The van der Waals surface area contributed by atoms with E-state index in [1.807, 2.05) is 60.1 Å². The van der Waals surface area contributed by atoms with Crippen LogP contribution in [-0.2, 0) is 7.05 Å². The van der Waals surface area contributed by atoms with E-state index in [9.17, 15) is 22.0 Å². The summed E-state index contributed by atoms with van der Waals surface area (Å²) in [5.41, 5.74) is 3.05. The van der Waals surface area contributed by atoms with Crippen molar-refractivity contribution in [2.75, 3.05) is 0 Å². The van der Waals surface area contributed by atoms with Crippen LogP contribution in [0.2, 0.25) is 6.82 Å². The molecule has 220 valence electrons. The molecule has 13 heteroatoms. The van der Waals surface area contributed by atoms with E-state index in [1.165, 1.54) is 11.3 Å². The fraction of sp³-hybridized carbons (Fsp3) is 0.0625. The van der Waals surface area contributed by atoms with Gasteiger partial charge in [-0.3, -0.25) is 0 Å². The Morgan fingerprint density at radius 3 is 1.47 bits per heavy atom. The van der Waals surface area contributed by atoms with Gasteiger partial charge in [-0.25, -0.2) is 33.1 Å². The highest BCUT2D eigenvalue weighted by molar-refractivity contribution is 6.52. The summed E-state index contributed by atoms with van der Waals surface area (Å²) in [5.74, 6) is -11.4. The normalized spacial score (nSPS) is 11.9. The Bertz CT molecular complexity index is 2450. The standard InChI is InChI=1S/C32H18BF5N6O/c1-33(45-26-24(37)22(35)21(34)23(36)25(26)38)44-31-19-13-7-8-14-20(19)32(44)42-30-18-12-6-5-11-17(18)29(43(30)2)40-27-15-9-3-4-10-16(15)28(39-27)41-31/h3-14H,1-2H3. The monoisotopic (exact) mass is 608 g/mol. The highest BCUT2D eigenvalue weighted by atomic mass is 19.2. The minimum atomic E-state index is -2.28. The summed E-state index contributed by atoms with van der Waals surface area (Å²) >= 11 is 0. The van der Waals surface area contributed by atoms with Crippen LogP contribution in [0, 0.1) is 29.1 Å². The predicted octanol–water partition coefficient (Wildman–Crippen LogP) is 7.53. The van der Waals surface area contributed by atoms with Crippen LogP contribution in [-0.4, -0.2) is 36.0 Å². The van der Waals surface area contributed by atoms with Crippen molar-refractivity contribution in [2.45, 2.75) is 6.82 Å². The molecule has 0 aliphatic carbocycles. The van der Waals surface area contributed by atoms with E-state index in [-0.39, 0.29) is 11.3 Å². The number of aromatic nitrogens is 6. The Balaban J connectivity index is 1.56. The summed E-state index contributed by atoms with van der Waals surface area (Å²) in [6.07, 6.45) is 0. The molecule has 0 fully saturated rings. The number of hydrogen-bond acceptors (Lipinski definition) is 5. The van der Waals surface area contributed by atoms with Crippen molar-refractivity contribution < 1.29 is 26.6 Å². The van der Waals surface area contributed by atoms with E-state index in [4.69, 9.17) is 24.6 Å². The third-order valence-electron chi connectivity index (χ3n) is 7.99. The van der Waals surface area contributed by atoms with E-state index >= 15 is 0 Å². The van der Waals surface area contributed by atoms with Gasteiger partial charge in [0.25, 0.3) is 0 Å². The van der Waals surface area contributed by atoms with E-state index in [1.54, 1.807) is 24.3 Å². The maximum absolute atomic E-state index is 14.8. The summed E-state index contributed by atoms with van der Waals surface area (Å²) in [6, 6.07) is 22.2. The van der Waals surface area contributed by atoms with Gasteiger partial charge in [0, 0.05) is 39.7 Å². The van der Waals surface area contributed by atoms with Crippen molar-refractivity contribution in [3.63, 3.8) is 0 Å². The SMILES string of the molecule is CB(Oc1c(F)c(F)c(F)c(F)c1F)n1c2nc3nc(nc4c5ccccc5c(nc1c1ccccc12)n4C)-c1ccccc1-3. The van der Waals surface area contributed by atoms with Crippen LogP contribution in [0.25, 0.3) is 66.9 Å². The van der Waals surface area contributed by atoms with Crippen molar-refractivity contribution >= 4 is 51.2 Å². The Morgan fingerprint density at radius 2 is 0.933 bits per heavy atom. The molecule has 0 saturated carbocycles. The molecule has 0 saturated heterocycles. The molecule has 8 rings (SSSR count). The molecule has 0 spiro atoms. The number of aryl methyl sites for hydroxylation is 1. The molecule has 7 nitrogen and oxygen atoms in total. The molecule has 1 aliphatic rings. The lowest BCUT2D eigenvalue weighted by Gasteiger charge is -2.16. The van der Waals surface area contributed by atoms with Crippen molar-refractivity contribution in [1.29, 1.82) is 0 Å². The quantitative estimate of drug-likeness (QED) is 0.0898. The first-order valence-electron chi connectivity index (χ1n) is 13.8. The fourth-order valence-electron chi connectivity index (χ4n) is 5.89. The number of hydrogen-bond donors (Lipinski definition) is 0. The first kappa shape index (κ1) is 27.0. The summed E-state index contributed by atoms with van der Waals surface area (Å²) in [5, 5.41) is 2.76. The number of nitrogens with zero attached hydrogens (tertiary/aromatic N) is 6. The summed E-state index contributed by atoms with van der Waals surface area (Å²) in [6.45, 7) is 1.41. The van der Waals surface area contributed by atoms with Gasteiger partial charge in [0.15, 0.2) is 17.4 Å². The van der Waals surface area contributed by atoms with Gasteiger partial charge in [-0.1, -0.05) is 72.8 Å². The third-order valence-corrected chi connectivity index (χ3v) is 7.99. The second-order valence-electron chi connectivity index (χ2n) is 10.6. The van der Waals surface area contributed by atoms with Crippen molar-refractivity contribution in [3.8, 4) is 28.5 Å². The summed E-state index contributed by atoms with van der Waals surface area (Å²) in [7, 11) is 0.438. The van der Waals surface area contributed by atoms with Crippen LogP contribution in [0.4, 0.5) is 22.0 Å². The molecule has 1 aliphatic heterocycles. The zero-order chi connectivity index (χ0) is 31.1. The Morgan fingerprint density at radius 1 is 0.533 bits per heavy atom. The second-order valence-corrected chi connectivity index (χ2v) is 10.6. The van der Waals surface area contributed by atoms with Gasteiger partial charge in [-0.05, 0) is 6.82 Å². The zero-order valence-electron chi connectivity index (χ0n) is 23.5. The molecule has 45 heavy (non-hydrogen) atoms. The molecule has 3 aromatic heterocycles. The minimum absolute atomic E-state index is 0.245. The molecule has 6 bridgehead atoms. The minimum Gasteiger partial charge on any atom is -0.537 e. The lowest BCUT2D eigenvalue weighted by atomic mass is 9.86. The molecule has 0 N–H and O–H groups in total. The summed E-state index contributed by atoms with van der Waals surface area (Å²) < 4.78 is 80.7. The lowest BCUT2D eigenvalue weighted by Crippen LogP contribution is -2.30. The largest absolute Gasteiger partial charge is 0.537 e. The molecule has 4 heterocycles. The lowest BCUT2D eigenvalue weighted by molar-refractivity contribution is 0.347. The van der Waals surface area contributed by atoms with Gasteiger partial charge in [-0.15, -0.1) is 0 Å². The van der Waals surface area contributed by atoms with Crippen molar-refractivity contribution in [2.24, 2.45) is 7.05 Å². The van der Waals surface area contributed by atoms with Crippen molar-refractivity contribution in [3.05, 3.63) is 102 Å². The average molecular weight is 608 g/mol. The molecule has 0 unspecified atom stereocenters.